The van der Waals surface area contributed by atoms with Gasteiger partial charge in [0.05, 0.1) is 11.1 Å². The largest absolute Gasteiger partial charge is 0.347 e. The molecule has 1 aromatic heterocycles. The molecule has 3 aliphatic rings. The molecule has 3 aliphatic heterocycles. The van der Waals surface area contributed by atoms with Crippen molar-refractivity contribution in [2.75, 3.05) is 13.1 Å². The molecule has 1 N–H and O–H groups in total. The number of pyridine rings is 1. The Labute approximate surface area is 149 Å². The third-order valence-electron chi connectivity index (χ3n) is 5.73. The molecule has 0 radical (unpaired) electrons. The lowest BCUT2D eigenvalue weighted by molar-refractivity contribution is -0.0378. The van der Waals surface area contributed by atoms with E-state index in [2.05, 4.69) is 29.0 Å². The van der Waals surface area contributed by atoms with Crippen molar-refractivity contribution in [3.63, 3.8) is 0 Å². The van der Waals surface area contributed by atoms with Gasteiger partial charge < -0.3 is 5.32 Å². The first-order chi connectivity index (χ1) is 11.1. The van der Waals surface area contributed by atoms with E-state index >= 15 is 0 Å². The van der Waals surface area contributed by atoms with Crippen molar-refractivity contribution in [3.05, 3.63) is 42.1 Å². The highest BCUT2D eigenvalue weighted by Gasteiger charge is 2.48. The number of fused-ring (bicyclic) bond motifs is 4. The Kier molecular flexibility index (Phi) is 4.54. The Morgan fingerprint density at radius 3 is 2.67 bits per heavy atom. The molecule has 4 nitrogen and oxygen atoms in total. The number of halogens is 1. The zero-order chi connectivity index (χ0) is 16.0. The van der Waals surface area contributed by atoms with Gasteiger partial charge in [-0.2, -0.15) is 0 Å². The first kappa shape index (κ1) is 17.2. The zero-order valence-electron chi connectivity index (χ0n) is 14.2. The molecule has 2 bridgehead atoms. The predicted octanol–water partition coefficient (Wildman–Crippen LogP) is 3.26. The summed E-state index contributed by atoms with van der Waals surface area (Å²) in [4.78, 5) is 19.7. The summed E-state index contributed by atoms with van der Waals surface area (Å²) < 4.78 is 0. The number of rotatable bonds is 2. The molecule has 3 saturated heterocycles. The number of hydrogen-bond donors (Lipinski definition) is 1. The number of hydrogen-bond acceptors (Lipinski definition) is 3. The van der Waals surface area contributed by atoms with Gasteiger partial charge in [-0.25, -0.2) is 0 Å². The second-order valence-electron chi connectivity index (χ2n) is 7.35. The lowest BCUT2D eigenvalue weighted by Gasteiger charge is -2.56. The second kappa shape index (κ2) is 6.34. The van der Waals surface area contributed by atoms with Crippen molar-refractivity contribution >= 4 is 29.2 Å². The van der Waals surface area contributed by atoms with E-state index in [-0.39, 0.29) is 29.9 Å². The summed E-state index contributed by atoms with van der Waals surface area (Å²) in [5.41, 5.74) is 1.60. The molecule has 5 heteroatoms. The average molecular weight is 346 g/mol. The van der Waals surface area contributed by atoms with Gasteiger partial charge in [-0.05, 0) is 57.8 Å². The molecule has 1 amide bonds. The predicted molar refractivity (Wildman–Crippen MR) is 98.6 cm³/mol. The highest BCUT2D eigenvalue weighted by Crippen LogP contribution is 2.39. The summed E-state index contributed by atoms with van der Waals surface area (Å²) in [5.74, 6) is 0.586. The minimum atomic E-state index is -0.00456. The Balaban J connectivity index is 0.00000169. The van der Waals surface area contributed by atoms with Crippen LogP contribution in [0.4, 0.5) is 0 Å². The first-order valence-corrected chi connectivity index (χ1v) is 8.46. The quantitative estimate of drug-likeness (QED) is 0.908. The third-order valence-corrected chi connectivity index (χ3v) is 5.73. The van der Waals surface area contributed by atoms with Crippen LogP contribution in [0.1, 0.15) is 37.0 Å². The lowest BCUT2D eigenvalue weighted by atomic mass is 9.72. The van der Waals surface area contributed by atoms with Crippen molar-refractivity contribution < 1.29 is 4.79 Å². The lowest BCUT2D eigenvalue weighted by Crippen LogP contribution is -2.69. The maximum absolute atomic E-state index is 12.8. The van der Waals surface area contributed by atoms with Crippen molar-refractivity contribution in [3.8, 4) is 0 Å². The van der Waals surface area contributed by atoms with Gasteiger partial charge in [-0.3, -0.25) is 14.7 Å². The van der Waals surface area contributed by atoms with E-state index in [1.807, 2.05) is 30.3 Å². The fourth-order valence-electron chi connectivity index (χ4n) is 4.30. The van der Waals surface area contributed by atoms with Gasteiger partial charge in [0, 0.05) is 23.2 Å². The Morgan fingerprint density at radius 1 is 1.25 bits per heavy atom. The normalized spacial score (nSPS) is 27.5. The summed E-state index contributed by atoms with van der Waals surface area (Å²) in [6.45, 7) is 6.81. The molecule has 128 valence electrons. The van der Waals surface area contributed by atoms with Gasteiger partial charge in [-0.1, -0.05) is 18.2 Å². The molecular formula is C19H24ClN3O. The summed E-state index contributed by atoms with van der Waals surface area (Å²) in [7, 11) is 0. The van der Waals surface area contributed by atoms with Crippen LogP contribution in [-0.2, 0) is 0 Å². The number of aromatic nitrogens is 1. The molecular weight excluding hydrogens is 322 g/mol. The maximum Gasteiger partial charge on any atom is 0.253 e. The maximum atomic E-state index is 12.8. The van der Waals surface area contributed by atoms with E-state index in [9.17, 15) is 4.79 Å². The summed E-state index contributed by atoms with van der Waals surface area (Å²) in [6.07, 6.45) is 4.06. The fourth-order valence-corrected chi connectivity index (χ4v) is 4.30. The van der Waals surface area contributed by atoms with E-state index in [1.54, 1.807) is 6.20 Å². The van der Waals surface area contributed by atoms with Gasteiger partial charge in [0.1, 0.15) is 0 Å². The molecule has 0 aliphatic carbocycles. The van der Waals surface area contributed by atoms with Crippen LogP contribution in [0.2, 0.25) is 0 Å². The van der Waals surface area contributed by atoms with Gasteiger partial charge in [0.25, 0.3) is 5.91 Å². The van der Waals surface area contributed by atoms with Crippen LogP contribution in [0.25, 0.3) is 10.9 Å². The molecule has 1 aromatic carbocycles. The number of benzene rings is 1. The molecule has 3 fully saturated rings. The SMILES string of the molecule is CC1(C)C(NC(=O)c2cnc3ccccc3c2)C2CCN1CC2.Cl. The first-order valence-electron chi connectivity index (χ1n) is 8.46. The molecule has 0 spiro atoms. The topological polar surface area (TPSA) is 45.2 Å². The van der Waals surface area contributed by atoms with Crippen LogP contribution < -0.4 is 5.32 Å². The van der Waals surface area contributed by atoms with Crippen molar-refractivity contribution in [1.82, 2.24) is 15.2 Å². The summed E-state index contributed by atoms with van der Waals surface area (Å²) >= 11 is 0. The van der Waals surface area contributed by atoms with Crippen LogP contribution in [-0.4, -0.2) is 40.5 Å². The van der Waals surface area contributed by atoms with E-state index in [1.165, 1.54) is 12.8 Å². The van der Waals surface area contributed by atoms with E-state index < -0.39 is 0 Å². The number of amides is 1. The highest BCUT2D eigenvalue weighted by atomic mass is 35.5. The van der Waals surface area contributed by atoms with Crippen LogP contribution in [0.5, 0.6) is 0 Å². The van der Waals surface area contributed by atoms with E-state index in [4.69, 9.17) is 0 Å². The number of carbonyl (C=O) groups is 1. The smallest absolute Gasteiger partial charge is 0.253 e. The Bertz CT molecular complexity index is 753. The van der Waals surface area contributed by atoms with Gasteiger partial charge in [0.2, 0.25) is 0 Å². The van der Waals surface area contributed by atoms with Crippen molar-refractivity contribution in [2.24, 2.45) is 5.92 Å². The van der Waals surface area contributed by atoms with Crippen LogP contribution in [0.3, 0.4) is 0 Å². The average Bonchev–Trinajstić information content (AvgIpc) is 2.58. The molecule has 4 heterocycles. The number of para-hydroxylation sites is 1. The molecule has 0 saturated carbocycles. The standard InChI is InChI=1S/C19H23N3O.ClH/c1-19(2)17(13-7-9-22(19)10-8-13)21-18(23)15-11-14-5-3-4-6-16(14)20-12-15;/h3-6,11-13,17H,7-10H2,1-2H3,(H,21,23);1H. The second-order valence-corrected chi connectivity index (χ2v) is 7.35. The monoisotopic (exact) mass is 345 g/mol. The van der Waals surface area contributed by atoms with Crippen LogP contribution >= 0.6 is 12.4 Å². The minimum Gasteiger partial charge on any atom is -0.347 e. The molecule has 1 atom stereocenters. The third kappa shape index (κ3) is 2.78. The molecule has 5 rings (SSSR count). The molecule has 2 aromatic rings. The van der Waals surface area contributed by atoms with Crippen molar-refractivity contribution in [1.29, 1.82) is 0 Å². The minimum absolute atomic E-state index is 0. The van der Waals surface area contributed by atoms with E-state index in [0.29, 0.717) is 11.5 Å². The highest BCUT2D eigenvalue weighted by molar-refractivity contribution is 5.97. The van der Waals surface area contributed by atoms with Gasteiger partial charge in [-0.15, -0.1) is 12.4 Å². The van der Waals surface area contributed by atoms with Gasteiger partial charge in [0.15, 0.2) is 0 Å². The van der Waals surface area contributed by atoms with Crippen LogP contribution in [0.15, 0.2) is 36.5 Å². The molecule has 1 unspecified atom stereocenters. The zero-order valence-corrected chi connectivity index (χ0v) is 15.0. The van der Waals surface area contributed by atoms with Crippen molar-refractivity contribution in [2.45, 2.75) is 38.3 Å². The summed E-state index contributed by atoms with van der Waals surface area (Å²) in [5, 5.41) is 4.31. The Hall–Kier alpha value is -1.65. The number of nitrogens with one attached hydrogen (secondary N) is 1. The fraction of sp³-hybridized carbons (Fsp3) is 0.474. The van der Waals surface area contributed by atoms with E-state index in [0.717, 1.165) is 24.0 Å². The molecule has 24 heavy (non-hydrogen) atoms. The Morgan fingerprint density at radius 2 is 1.96 bits per heavy atom. The summed E-state index contributed by atoms with van der Waals surface area (Å²) in [6, 6.07) is 10.0. The van der Waals surface area contributed by atoms with Crippen LogP contribution in [0, 0.1) is 5.92 Å². The van der Waals surface area contributed by atoms with Gasteiger partial charge >= 0.3 is 0 Å². The number of nitrogens with zero attached hydrogens (tertiary/aromatic N) is 2. The number of piperidine rings is 3. The number of carbonyl (C=O) groups excluding carboxylic acids is 1.